The summed E-state index contributed by atoms with van der Waals surface area (Å²) in [5.41, 5.74) is 1.06. The Balaban J connectivity index is 2.01. The molecule has 1 fully saturated rings. The van der Waals surface area contributed by atoms with Gasteiger partial charge in [0.15, 0.2) is 14.1 Å². The predicted octanol–water partition coefficient (Wildman–Crippen LogP) is 4.56. The maximum Gasteiger partial charge on any atom is 0.192 e. The molecule has 0 aliphatic carbocycles. The average Bonchev–Trinajstić information content (AvgIpc) is 2.31. The summed E-state index contributed by atoms with van der Waals surface area (Å²) >= 11 is 6.18. The second kappa shape index (κ2) is 5.82. The van der Waals surface area contributed by atoms with E-state index in [9.17, 15) is 0 Å². The van der Waals surface area contributed by atoms with Crippen LogP contribution >= 0.6 is 11.6 Å². The molecule has 118 valence electrons. The number of nitrogens with zero attached hydrogens (tertiary/aromatic N) is 1. The van der Waals surface area contributed by atoms with Crippen molar-refractivity contribution in [3.63, 3.8) is 0 Å². The smallest absolute Gasteiger partial charge is 0.192 e. The number of para-hydroxylation sites is 1. The van der Waals surface area contributed by atoms with Gasteiger partial charge in [-0.1, -0.05) is 38.4 Å². The van der Waals surface area contributed by atoms with Crippen LogP contribution in [-0.2, 0) is 4.43 Å². The van der Waals surface area contributed by atoms with Gasteiger partial charge in [0.05, 0.1) is 23.9 Å². The third kappa shape index (κ3) is 3.38. The minimum absolute atomic E-state index is 0.251. The molecular formula is C16H26ClNO2Si. The Kier molecular flexibility index (Phi) is 4.62. The lowest BCUT2D eigenvalue weighted by atomic mass is 10.1. The summed E-state index contributed by atoms with van der Waals surface area (Å²) in [7, 11) is -0.0242. The maximum atomic E-state index is 6.42. The number of methoxy groups -OCH3 is 1. The van der Waals surface area contributed by atoms with E-state index in [1.54, 1.807) is 7.11 Å². The van der Waals surface area contributed by atoms with Gasteiger partial charge in [-0.3, -0.25) is 0 Å². The summed E-state index contributed by atoms with van der Waals surface area (Å²) in [6.45, 7) is 13.2. The number of benzene rings is 1. The van der Waals surface area contributed by atoms with E-state index in [0.29, 0.717) is 11.1 Å². The van der Waals surface area contributed by atoms with Crippen molar-refractivity contribution in [3.8, 4) is 5.75 Å². The molecule has 0 aromatic heterocycles. The lowest BCUT2D eigenvalue weighted by Gasteiger charge is -2.47. The summed E-state index contributed by atoms with van der Waals surface area (Å²) in [6, 6.07) is 5.86. The highest BCUT2D eigenvalue weighted by Crippen LogP contribution is 2.41. The van der Waals surface area contributed by atoms with E-state index >= 15 is 0 Å². The normalized spacial score (nSPS) is 16.8. The summed E-state index contributed by atoms with van der Waals surface area (Å²) in [6.07, 6.45) is 0.314. The quantitative estimate of drug-likeness (QED) is 0.757. The maximum absolute atomic E-state index is 6.42. The molecule has 5 heteroatoms. The van der Waals surface area contributed by atoms with E-state index < -0.39 is 8.32 Å². The summed E-state index contributed by atoms with van der Waals surface area (Å²) < 4.78 is 11.8. The first kappa shape index (κ1) is 16.7. The minimum atomic E-state index is -1.69. The third-order valence-corrected chi connectivity index (χ3v) is 9.44. The van der Waals surface area contributed by atoms with Gasteiger partial charge in [0.25, 0.3) is 0 Å². The van der Waals surface area contributed by atoms with Crippen LogP contribution < -0.4 is 9.64 Å². The molecular weight excluding hydrogens is 302 g/mol. The largest absolute Gasteiger partial charge is 0.493 e. The second-order valence-electron chi connectivity index (χ2n) is 7.20. The fourth-order valence-corrected chi connectivity index (χ4v) is 3.83. The van der Waals surface area contributed by atoms with Gasteiger partial charge in [0.1, 0.15) is 0 Å². The summed E-state index contributed by atoms with van der Waals surface area (Å²) in [4.78, 5) is 2.27. The molecule has 1 aromatic carbocycles. The van der Waals surface area contributed by atoms with Gasteiger partial charge in [-0.25, -0.2) is 0 Å². The highest BCUT2D eigenvalue weighted by atomic mass is 35.5. The molecule has 0 atom stereocenters. The molecule has 1 heterocycles. The van der Waals surface area contributed by atoms with E-state index in [-0.39, 0.29) is 5.04 Å². The zero-order chi connectivity index (χ0) is 15.8. The first-order valence-electron chi connectivity index (χ1n) is 7.41. The molecule has 2 rings (SSSR count). The van der Waals surface area contributed by atoms with Crippen molar-refractivity contribution in [3.05, 3.63) is 23.2 Å². The van der Waals surface area contributed by atoms with E-state index in [0.717, 1.165) is 24.5 Å². The summed E-state index contributed by atoms with van der Waals surface area (Å²) in [5, 5.41) is 0.907. The van der Waals surface area contributed by atoms with Crippen molar-refractivity contribution in [1.82, 2.24) is 0 Å². The fourth-order valence-electron chi connectivity index (χ4n) is 2.25. The lowest BCUT2D eigenvalue weighted by molar-refractivity contribution is 0.148. The molecule has 21 heavy (non-hydrogen) atoms. The Labute approximate surface area is 134 Å². The monoisotopic (exact) mass is 327 g/mol. The van der Waals surface area contributed by atoms with Crippen LogP contribution in [0.3, 0.4) is 0 Å². The van der Waals surface area contributed by atoms with E-state index in [2.05, 4.69) is 38.8 Å². The third-order valence-electron chi connectivity index (χ3n) is 4.61. The molecule has 3 nitrogen and oxygen atoms in total. The Morgan fingerprint density at radius 3 is 2.38 bits per heavy atom. The zero-order valence-electron chi connectivity index (χ0n) is 13.9. The topological polar surface area (TPSA) is 21.7 Å². The molecule has 1 aromatic rings. The van der Waals surface area contributed by atoms with Crippen LogP contribution in [0.25, 0.3) is 0 Å². The highest BCUT2D eigenvalue weighted by Gasteiger charge is 2.42. The number of rotatable bonds is 4. The summed E-state index contributed by atoms with van der Waals surface area (Å²) in [5.74, 6) is 0.755. The molecule has 0 bridgehead atoms. The Bertz CT molecular complexity index is 507. The number of anilines is 1. The van der Waals surface area contributed by atoms with Crippen molar-refractivity contribution in [1.29, 1.82) is 0 Å². The van der Waals surface area contributed by atoms with E-state index in [1.807, 2.05) is 18.2 Å². The van der Waals surface area contributed by atoms with Crippen LogP contribution in [0.2, 0.25) is 23.2 Å². The number of hydrogen-bond acceptors (Lipinski definition) is 3. The van der Waals surface area contributed by atoms with E-state index in [4.69, 9.17) is 20.8 Å². The van der Waals surface area contributed by atoms with Gasteiger partial charge < -0.3 is 14.1 Å². The molecule has 0 spiro atoms. The van der Waals surface area contributed by atoms with E-state index in [1.165, 1.54) is 0 Å². The van der Waals surface area contributed by atoms with Crippen LogP contribution in [0, 0.1) is 0 Å². The number of halogens is 1. The predicted molar refractivity (Wildman–Crippen MR) is 92.3 cm³/mol. The van der Waals surface area contributed by atoms with Gasteiger partial charge in [-0.15, -0.1) is 0 Å². The Hall–Kier alpha value is -0.713. The van der Waals surface area contributed by atoms with Gasteiger partial charge in [0, 0.05) is 13.1 Å². The van der Waals surface area contributed by atoms with Crippen LogP contribution in [0.4, 0.5) is 5.69 Å². The molecule has 0 radical (unpaired) electrons. The SMILES string of the molecule is COc1c(Cl)cccc1N1CC(O[Si](C)(C)C(C)(C)C)C1. The standard InChI is InChI=1S/C16H26ClNO2Si/c1-16(2,3)21(5,6)20-12-10-18(11-12)14-9-7-8-13(17)15(14)19-4/h7-9,12H,10-11H2,1-6H3. The molecule has 0 amide bonds. The van der Waals surface area contributed by atoms with Crippen LogP contribution in [0.5, 0.6) is 5.75 Å². The van der Waals surface area contributed by atoms with Crippen molar-refractivity contribution in [2.75, 3.05) is 25.1 Å². The van der Waals surface area contributed by atoms with Gasteiger partial charge in [-0.2, -0.15) is 0 Å². The van der Waals surface area contributed by atoms with Crippen LogP contribution in [0.15, 0.2) is 18.2 Å². The van der Waals surface area contributed by atoms with Crippen LogP contribution in [-0.4, -0.2) is 34.6 Å². The Morgan fingerprint density at radius 2 is 1.86 bits per heavy atom. The minimum Gasteiger partial charge on any atom is -0.493 e. The molecule has 0 saturated carbocycles. The van der Waals surface area contributed by atoms with Crippen molar-refractivity contribution >= 4 is 25.6 Å². The van der Waals surface area contributed by atoms with Gasteiger partial charge in [0.2, 0.25) is 0 Å². The molecule has 0 unspecified atom stereocenters. The first-order chi connectivity index (χ1) is 9.65. The van der Waals surface area contributed by atoms with Crippen molar-refractivity contribution in [2.24, 2.45) is 0 Å². The van der Waals surface area contributed by atoms with Crippen LogP contribution in [0.1, 0.15) is 20.8 Å². The van der Waals surface area contributed by atoms with Crippen molar-refractivity contribution < 1.29 is 9.16 Å². The molecule has 1 aliphatic heterocycles. The zero-order valence-corrected chi connectivity index (χ0v) is 15.6. The highest BCUT2D eigenvalue weighted by molar-refractivity contribution is 6.74. The van der Waals surface area contributed by atoms with Crippen molar-refractivity contribution in [2.45, 2.75) is 45.0 Å². The van der Waals surface area contributed by atoms with Gasteiger partial charge >= 0.3 is 0 Å². The number of hydrogen-bond donors (Lipinski definition) is 0. The average molecular weight is 328 g/mol. The number of ether oxygens (including phenoxy) is 1. The first-order valence-corrected chi connectivity index (χ1v) is 10.7. The Morgan fingerprint density at radius 1 is 1.24 bits per heavy atom. The fraction of sp³-hybridized carbons (Fsp3) is 0.625. The molecule has 1 aliphatic rings. The molecule has 0 N–H and O–H groups in total. The second-order valence-corrected chi connectivity index (χ2v) is 12.4. The molecule has 1 saturated heterocycles. The van der Waals surface area contributed by atoms with Gasteiger partial charge in [-0.05, 0) is 30.3 Å². The lowest BCUT2D eigenvalue weighted by Crippen LogP contribution is -2.58.